The van der Waals surface area contributed by atoms with Gasteiger partial charge in [-0.2, -0.15) is 11.8 Å². The first-order chi connectivity index (χ1) is 10.7. The van der Waals surface area contributed by atoms with Crippen LogP contribution < -0.4 is 15.8 Å². The molecule has 4 nitrogen and oxygen atoms in total. The van der Waals surface area contributed by atoms with Crippen LogP contribution in [-0.4, -0.2) is 24.0 Å². The van der Waals surface area contributed by atoms with Gasteiger partial charge in [-0.15, -0.1) is 24.0 Å². The highest BCUT2D eigenvalue weighted by molar-refractivity contribution is 14.0. The Bertz CT molecular complexity index is 622. The minimum Gasteiger partial charge on any atom is -0.457 e. The van der Waals surface area contributed by atoms with Gasteiger partial charge in [0.05, 0.1) is 6.54 Å². The number of guanidine groups is 1. The summed E-state index contributed by atoms with van der Waals surface area (Å²) >= 11 is 1.77. The van der Waals surface area contributed by atoms with Crippen LogP contribution in [0.3, 0.4) is 0 Å². The van der Waals surface area contributed by atoms with Gasteiger partial charge < -0.3 is 15.8 Å². The van der Waals surface area contributed by atoms with Gasteiger partial charge in [0.15, 0.2) is 5.96 Å². The normalized spacial score (nSPS) is 12.2. The second-order valence-electron chi connectivity index (χ2n) is 4.84. The molecule has 3 N–H and O–H groups in total. The van der Waals surface area contributed by atoms with Crippen LogP contribution in [0.1, 0.15) is 6.92 Å². The van der Waals surface area contributed by atoms with Gasteiger partial charge in [-0.25, -0.2) is 0 Å². The van der Waals surface area contributed by atoms with Crippen molar-refractivity contribution in [2.45, 2.75) is 12.2 Å². The van der Waals surface area contributed by atoms with Gasteiger partial charge in [0.1, 0.15) is 11.5 Å². The van der Waals surface area contributed by atoms with Crippen molar-refractivity contribution >= 4 is 47.4 Å². The molecule has 0 fully saturated rings. The van der Waals surface area contributed by atoms with Crippen LogP contribution in [0, 0.1) is 0 Å². The van der Waals surface area contributed by atoms with E-state index in [1.807, 2.05) is 54.6 Å². The highest BCUT2D eigenvalue weighted by Crippen LogP contribution is 2.23. The molecule has 0 spiro atoms. The number of aliphatic imine (C=N–C) groups is 1. The van der Waals surface area contributed by atoms with Crippen LogP contribution in [0.4, 0.5) is 5.69 Å². The first kappa shape index (κ1) is 19.6. The topological polar surface area (TPSA) is 59.6 Å². The van der Waals surface area contributed by atoms with Gasteiger partial charge in [-0.05, 0) is 30.5 Å². The molecule has 0 aliphatic rings. The van der Waals surface area contributed by atoms with Gasteiger partial charge in [0.25, 0.3) is 0 Å². The van der Waals surface area contributed by atoms with Gasteiger partial charge >= 0.3 is 0 Å². The number of benzene rings is 2. The van der Waals surface area contributed by atoms with Crippen LogP contribution >= 0.6 is 35.7 Å². The van der Waals surface area contributed by atoms with Crippen molar-refractivity contribution < 1.29 is 4.74 Å². The monoisotopic (exact) mass is 443 g/mol. The van der Waals surface area contributed by atoms with E-state index in [0.717, 1.165) is 17.2 Å². The lowest BCUT2D eigenvalue weighted by atomic mass is 10.3. The molecule has 0 bridgehead atoms. The summed E-state index contributed by atoms with van der Waals surface area (Å²) in [6.45, 7) is 2.82. The van der Waals surface area contributed by atoms with Crippen LogP contribution in [0.25, 0.3) is 0 Å². The summed E-state index contributed by atoms with van der Waals surface area (Å²) in [5, 5.41) is 3.54. The molecule has 0 saturated heterocycles. The van der Waals surface area contributed by atoms with E-state index in [-0.39, 0.29) is 24.0 Å². The van der Waals surface area contributed by atoms with E-state index in [0.29, 0.717) is 17.8 Å². The predicted molar refractivity (Wildman–Crippen MR) is 111 cm³/mol. The molecule has 2 aromatic rings. The summed E-state index contributed by atoms with van der Waals surface area (Å²) in [5.74, 6) is 1.97. The summed E-state index contributed by atoms with van der Waals surface area (Å²) in [6, 6.07) is 17.3. The standard InChI is InChI=1S/C17H21N3OS.HI/c1-13(22-2)12-19-17(18)20-14-7-6-10-16(11-14)21-15-8-4-3-5-9-15;/h3-11,13H,12H2,1-2H3,(H3,18,19,20);1H. The molecule has 0 amide bonds. The molecule has 2 rings (SSSR count). The summed E-state index contributed by atoms with van der Waals surface area (Å²) in [6.07, 6.45) is 2.06. The van der Waals surface area contributed by atoms with Crippen LogP contribution in [0.2, 0.25) is 0 Å². The summed E-state index contributed by atoms with van der Waals surface area (Å²) in [4.78, 5) is 4.33. The largest absolute Gasteiger partial charge is 0.457 e. The van der Waals surface area contributed by atoms with Gasteiger partial charge in [-0.1, -0.05) is 31.2 Å². The Kier molecular flexibility index (Phi) is 8.86. The second-order valence-corrected chi connectivity index (χ2v) is 6.12. The van der Waals surface area contributed by atoms with Crippen molar-refractivity contribution in [3.05, 3.63) is 54.6 Å². The number of thioether (sulfide) groups is 1. The molecule has 0 aromatic heterocycles. The number of nitrogens with one attached hydrogen (secondary N) is 1. The molecule has 124 valence electrons. The average molecular weight is 443 g/mol. The Morgan fingerprint density at radius 1 is 1.17 bits per heavy atom. The number of para-hydroxylation sites is 1. The van der Waals surface area contributed by atoms with Crippen molar-refractivity contribution in [1.82, 2.24) is 0 Å². The molecule has 6 heteroatoms. The summed E-state index contributed by atoms with van der Waals surface area (Å²) in [7, 11) is 0. The predicted octanol–water partition coefficient (Wildman–Crippen LogP) is 4.58. The summed E-state index contributed by atoms with van der Waals surface area (Å²) in [5.41, 5.74) is 6.75. The van der Waals surface area contributed by atoms with E-state index >= 15 is 0 Å². The highest BCUT2D eigenvalue weighted by Gasteiger charge is 2.01. The first-order valence-corrected chi connectivity index (χ1v) is 8.39. The fraction of sp³-hybridized carbons (Fsp3) is 0.235. The average Bonchev–Trinajstić information content (AvgIpc) is 2.54. The lowest BCUT2D eigenvalue weighted by Gasteiger charge is -2.10. The van der Waals surface area contributed by atoms with E-state index in [1.54, 1.807) is 11.8 Å². The van der Waals surface area contributed by atoms with E-state index < -0.39 is 0 Å². The lowest BCUT2D eigenvalue weighted by Crippen LogP contribution is -2.23. The molecule has 0 radical (unpaired) electrons. The summed E-state index contributed by atoms with van der Waals surface area (Å²) < 4.78 is 5.79. The first-order valence-electron chi connectivity index (χ1n) is 7.10. The Hall–Kier alpha value is -1.41. The molecule has 1 atom stereocenters. The van der Waals surface area contributed by atoms with Gasteiger partial charge in [0, 0.05) is 17.0 Å². The van der Waals surface area contributed by atoms with Gasteiger partial charge in [0.2, 0.25) is 0 Å². The number of anilines is 1. The Labute approximate surface area is 158 Å². The Balaban J connectivity index is 0.00000264. The number of halogens is 1. The third-order valence-electron chi connectivity index (χ3n) is 3.01. The minimum absolute atomic E-state index is 0. The number of nitrogens with zero attached hydrogens (tertiary/aromatic N) is 1. The van der Waals surface area contributed by atoms with Crippen molar-refractivity contribution in [2.75, 3.05) is 18.1 Å². The SMILES string of the molecule is CSC(C)CN=C(N)Nc1cccc(Oc2ccccc2)c1.I. The molecule has 0 aliphatic carbocycles. The fourth-order valence-corrected chi connectivity index (χ4v) is 1.97. The molecule has 0 heterocycles. The quantitative estimate of drug-likeness (QED) is 0.390. The lowest BCUT2D eigenvalue weighted by molar-refractivity contribution is 0.483. The minimum atomic E-state index is 0. The number of hydrogen-bond acceptors (Lipinski definition) is 3. The van der Waals surface area contributed by atoms with E-state index in [4.69, 9.17) is 10.5 Å². The maximum Gasteiger partial charge on any atom is 0.193 e. The zero-order chi connectivity index (χ0) is 15.8. The van der Waals surface area contributed by atoms with Crippen molar-refractivity contribution in [2.24, 2.45) is 10.7 Å². The molecule has 0 saturated carbocycles. The van der Waals surface area contributed by atoms with Gasteiger partial charge in [-0.3, -0.25) is 4.99 Å². The van der Waals surface area contributed by atoms with Crippen molar-refractivity contribution in [3.8, 4) is 11.5 Å². The molecular formula is C17H22IN3OS. The smallest absolute Gasteiger partial charge is 0.193 e. The van der Waals surface area contributed by atoms with E-state index in [9.17, 15) is 0 Å². The van der Waals surface area contributed by atoms with Crippen LogP contribution in [0.5, 0.6) is 11.5 Å². The third-order valence-corrected chi connectivity index (χ3v) is 3.96. The molecule has 2 aromatic carbocycles. The Morgan fingerprint density at radius 3 is 2.57 bits per heavy atom. The molecule has 23 heavy (non-hydrogen) atoms. The number of nitrogens with two attached hydrogens (primary N) is 1. The number of ether oxygens (including phenoxy) is 1. The molecule has 0 aliphatic heterocycles. The molecular weight excluding hydrogens is 421 g/mol. The highest BCUT2D eigenvalue weighted by atomic mass is 127. The second kappa shape index (κ2) is 10.4. The Morgan fingerprint density at radius 2 is 1.87 bits per heavy atom. The van der Waals surface area contributed by atoms with E-state index in [1.165, 1.54) is 0 Å². The van der Waals surface area contributed by atoms with Crippen molar-refractivity contribution in [3.63, 3.8) is 0 Å². The number of hydrogen-bond donors (Lipinski definition) is 2. The van der Waals surface area contributed by atoms with Crippen molar-refractivity contribution in [1.29, 1.82) is 0 Å². The fourth-order valence-electron chi connectivity index (χ4n) is 1.75. The maximum absolute atomic E-state index is 5.90. The van der Waals surface area contributed by atoms with Crippen LogP contribution in [-0.2, 0) is 0 Å². The molecule has 1 unspecified atom stereocenters. The van der Waals surface area contributed by atoms with E-state index in [2.05, 4.69) is 23.5 Å². The zero-order valence-electron chi connectivity index (χ0n) is 13.2. The number of rotatable bonds is 6. The zero-order valence-corrected chi connectivity index (χ0v) is 16.4. The third kappa shape index (κ3) is 7.13. The van der Waals surface area contributed by atoms with Crippen LogP contribution in [0.15, 0.2) is 59.6 Å². The maximum atomic E-state index is 5.90.